The summed E-state index contributed by atoms with van der Waals surface area (Å²) in [5, 5.41) is 2.84. The van der Waals surface area contributed by atoms with Crippen LogP contribution in [0.25, 0.3) is 0 Å². The van der Waals surface area contributed by atoms with Crippen LogP contribution >= 0.6 is 24.0 Å². The Morgan fingerprint density at radius 1 is 1.41 bits per heavy atom. The molecular weight excluding hydrogens is 252 g/mol. The number of thioether (sulfide) groups is 1. The normalized spacial score (nSPS) is 9.94. The first-order valence-corrected chi connectivity index (χ1v) is 7.08. The van der Waals surface area contributed by atoms with E-state index in [1.807, 2.05) is 30.5 Å². The Bertz CT molecular complexity index is 390. The van der Waals surface area contributed by atoms with E-state index in [0.29, 0.717) is 17.8 Å². The van der Waals surface area contributed by atoms with Crippen molar-refractivity contribution in [1.29, 1.82) is 0 Å². The van der Waals surface area contributed by atoms with Crippen LogP contribution in [-0.4, -0.2) is 22.9 Å². The first-order valence-electron chi connectivity index (χ1n) is 5.28. The highest BCUT2D eigenvalue weighted by atomic mass is 32.2. The van der Waals surface area contributed by atoms with E-state index in [4.69, 9.17) is 18.0 Å². The van der Waals surface area contributed by atoms with Crippen LogP contribution in [0.1, 0.15) is 12.0 Å². The number of hydrogen-bond donors (Lipinski definition) is 2. The van der Waals surface area contributed by atoms with Crippen molar-refractivity contribution >= 4 is 40.6 Å². The van der Waals surface area contributed by atoms with Crippen molar-refractivity contribution in [1.82, 2.24) is 0 Å². The number of thiocarbonyl (C=S) groups is 1. The lowest BCUT2D eigenvalue weighted by molar-refractivity contribution is -0.115. The third kappa shape index (κ3) is 5.70. The third-order valence-electron chi connectivity index (χ3n) is 2.15. The Morgan fingerprint density at radius 2 is 2.06 bits per heavy atom. The van der Waals surface area contributed by atoms with Crippen molar-refractivity contribution in [3.63, 3.8) is 0 Å². The molecule has 3 N–H and O–H groups in total. The molecule has 92 valence electrons. The van der Waals surface area contributed by atoms with Crippen molar-refractivity contribution in [2.45, 2.75) is 12.8 Å². The molecule has 0 aliphatic heterocycles. The second-order valence-corrected chi connectivity index (χ2v) is 5.14. The largest absolute Gasteiger partial charge is 0.393 e. The monoisotopic (exact) mass is 268 g/mol. The maximum Gasteiger partial charge on any atom is 0.225 e. The standard InChI is InChI=1S/C12H16N2OS2/c1-17-7-6-12(15)14-10-4-2-9(3-5-10)8-11(13)16/h2-5H,6-8H2,1H3,(H2,13,16)(H,14,15). The zero-order valence-electron chi connectivity index (χ0n) is 9.73. The minimum absolute atomic E-state index is 0.0430. The minimum Gasteiger partial charge on any atom is -0.393 e. The quantitative estimate of drug-likeness (QED) is 0.777. The zero-order valence-corrected chi connectivity index (χ0v) is 11.4. The minimum atomic E-state index is 0.0430. The number of carbonyl (C=O) groups excluding carboxylic acids is 1. The maximum absolute atomic E-state index is 11.5. The molecule has 0 saturated heterocycles. The lowest BCUT2D eigenvalue weighted by Crippen LogP contribution is -2.13. The van der Waals surface area contributed by atoms with E-state index in [1.54, 1.807) is 11.8 Å². The van der Waals surface area contributed by atoms with Gasteiger partial charge in [-0.15, -0.1) is 0 Å². The summed E-state index contributed by atoms with van der Waals surface area (Å²) >= 11 is 6.49. The second kappa shape index (κ2) is 7.29. The number of nitrogens with two attached hydrogens (primary N) is 1. The van der Waals surface area contributed by atoms with Crippen LogP contribution in [0.15, 0.2) is 24.3 Å². The summed E-state index contributed by atoms with van der Waals surface area (Å²) in [5.74, 6) is 0.882. The Kier molecular flexibility index (Phi) is 6.00. The summed E-state index contributed by atoms with van der Waals surface area (Å²) < 4.78 is 0. The number of hydrogen-bond acceptors (Lipinski definition) is 3. The van der Waals surface area contributed by atoms with Gasteiger partial charge in [0.2, 0.25) is 5.91 Å². The SMILES string of the molecule is CSCCC(=O)Nc1ccc(CC(N)=S)cc1. The number of nitrogens with one attached hydrogen (secondary N) is 1. The molecular formula is C12H16N2OS2. The van der Waals surface area contributed by atoms with Gasteiger partial charge in [0.05, 0.1) is 4.99 Å². The van der Waals surface area contributed by atoms with E-state index in [2.05, 4.69) is 5.32 Å². The van der Waals surface area contributed by atoms with Gasteiger partial charge in [0, 0.05) is 24.3 Å². The Balaban J connectivity index is 2.50. The van der Waals surface area contributed by atoms with E-state index in [-0.39, 0.29) is 5.91 Å². The van der Waals surface area contributed by atoms with Crippen LogP contribution < -0.4 is 11.1 Å². The molecule has 1 rings (SSSR count). The molecule has 0 saturated carbocycles. The van der Waals surface area contributed by atoms with Crippen LogP contribution in [-0.2, 0) is 11.2 Å². The summed E-state index contributed by atoms with van der Waals surface area (Å²) in [6, 6.07) is 7.57. The van der Waals surface area contributed by atoms with Gasteiger partial charge in [-0.1, -0.05) is 24.4 Å². The predicted molar refractivity (Wildman–Crippen MR) is 78.6 cm³/mol. The molecule has 0 atom stereocenters. The number of amides is 1. The van der Waals surface area contributed by atoms with Gasteiger partial charge in [-0.2, -0.15) is 11.8 Å². The molecule has 5 heteroatoms. The fourth-order valence-corrected chi connectivity index (χ4v) is 1.88. The van der Waals surface area contributed by atoms with E-state index < -0.39 is 0 Å². The lowest BCUT2D eigenvalue weighted by Gasteiger charge is -2.05. The number of anilines is 1. The van der Waals surface area contributed by atoms with Crippen molar-refractivity contribution in [3.8, 4) is 0 Å². The van der Waals surface area contributed by atoms with Gasteiger partial charge in [-0.05, 0) is 24.0 Å². The summed E-state index contributed by atoms with van der Waals surface area (Å²) in [4.78, 5) is 11.9. The van der Waals surface area contributed by atoms with Gasteiger partial charge >= 0.3 is 0 Å². The highest BCUT2D eigenvalue weighted by Gasteiger charge is 2.02. The average Bonchev–Trinajstić information content (AvgIpc) is 2.28. The molecule has 0 unspecified atom stereocenters. The Morgan fingerprint density at radius 3 is 2.59 bits per heavy atom. The second-order valence-electron chi connectivity index (χ2n) is 3.63. The average molecular weight is 268 g/mol. The number of benzene rings is 1. The smallest absolute Gasteiger partial charge is 0.225 e. The fourth-order valence-electron chi connectivity index (χ4n) is 1.33. The van der Waals surface area contributed by atoms with Gasteiger partial charge in [0.25, 0.3) is 0 Å². The van der Waals surface area contributed by atoms with Crippen LogP contribution in [0.5, 0.6) is 0 Å². The van der Waals surface area contributed by atoms with E-state index in [9.17, 15) is 4.79 Å². The van der Waals surface area contributed by atoms with Crippen molar-refractivity contribution < 1.29 is 4.79 Å². The fraction of sp³-hybridized carbons (Fsp3) is 0.333. The van der Waals surface area contributed by atoms with Crippen LogP contribution in [0.4, 0.5) is 5.69 Å². The maximum atomic E-state index is 11.5. The molecule has 0 radical (unpaired) electrons. The molecule has 17 heavy (non-hydrogen) atoms. The van der Waals surface area contributed by atoms with E-state index in [0.717, 1.165) is 17.0 Å². The van der Waals surface area contributed by atoms with Gasteiger partial charge in [-0.3, -0.25) is 4.79 Å². The van der Waals surface area contributed by atoms with Gasteiger partial charge in [-0.25, -0.2) is 0 Å². The predicted octanol–water partition coefficient (Wildman–Crippen LogP) is 2.21. The molecule has 0 aromatic heterocycles. The third-order valence-corrected chi connectivity index (χ3v) is 2.91. The molecule has 0 aliphatic carbocycles. The van der Waals surface area contributed by atoms with Crippen LogP contribution in [0, 0.1) is 0 Å². The molecule has 0 bridgehead atoms. The molecule has 1 amide bonds. The first kappa shape index (κ1) is 14.0. The molecule has 0 spiro atoms. The van der Waals surface area contributed by atoms with Gasteiger partial charge in [0.1, 0.15) is 0 Å². The highest BCUT2D eigenvalue weighted by Crippen LogP contribution is 2.11. The lowest BCUT2D eigenvalue weighted by atomic mass is 10.1. The van der Waals surface area contributed by atoms with E-state index >= 15 is 0 Å². The topological polar surface area (TPSA) is 55.1 Å². The Hall–Kier alpha value is -1.07. The highest BCUT2D eigenvalue weighted by molar-refractivity contribution is 7.98. The summed E-state index contributed by atoms with van der Waals surface area (Å²) in [6.45, 7) is 0. The van der Waals surface area contributed by atoms with Crippen molar-refractivity contribution in [3.05, 3.63) is 29.8 Å². The number of rotatable bonds is 6. The summed E-state index contributed by atoms with van der Waals surface area (Å²) in [5.41, 5.74) is 7.32. The van der Waals surface area contributed by atoms with Crippen molar-refractivity contribution in [2.75, 3.05) is 17.3 Å². The van der Waals surface area contributed by atoms with Gasteiger partial charge < -0.3 is 11.1 Å². The molecule has 0 fully saturated rings. The molecule has 1 aromatic rings. The molecule has 0 aliphatic rings. The zero-order chi connectivity index (χ0) is 12.7. The molecule has 0 heterocycles. The number of carbonyl (C=O) groups is 1. The van der Waals surface area contributed by atoms with Gasteiger partial charge in [0.15, 0.2) is 0 Å². The first-order chi connectivity index (χ1) is 8.11. The van der Waals surface area contributed by atoms with Crippen LogP contribution in [0.2, 0.25) is 0 Å². The Labute approximate surface area is 111 Å². The summed E-state index contributed by atoms with van der Waals surface area (Å²) in [7, 11) is 0. The summed E-state index contributed by atoms with van der Waals surface area (Å²) in [6.07, 6.45) is 3.11. The van der Waals surface area contributed by atoms with Crippen LogP contribution in [0.3, 0.4) is 0 Å². The molecule has 1 aromatic carbocycles. The van der Waals surface area contributed by atoms with Crippen molar-refractivity contribution in [2.24, 2.45) is 5.73 Å². The van der Waals surface area contributed by atoms with E-state index in [1.165, 1.54) is 0 Å². The molecule has 3 nitrogen and oxygen atoms in total.